The molecule has 2 aromatic carbocycles. The van der Waals surface area contributed by atoms with Gasteiger partial charge in [0.15, 0.2) is 5.16 Å². The van der Waals surface area contributed by atoms with Crippen molar-refractivity contribution >= 4 is 17.7 Å². The first-order chi connectivity index (χ1) is 15.7. The van der Waals surface area contributed by atoms with Gasteiger partial charge in [-0.2, -0.15) is 0 Å². The van der Waals surface area contributed by atoms with E-state index in [1.165, 1.54) is 5.56 Å². The van der Waals surface area contributed by atoms with Crippen LogP contribution in [0.4, 0.5) is 5.95 Å². The largest absolute Gasteiger partial charge is 0.419 e. The molecule has 0 bridgehead atoms. The van der Waals surface area contributed by atoms with Crippen LogP contribution in [0.2, 0.25) is 0 Å². The van der Waals surface area contributed by atoms with Gasteiger partial charge in [0.05, 0.1) is 24.2 Å². The molecule has 1 aliphatic heterocycles. The van der Waals surface area contributed by atoms with Gasteiger partial charge in [-0.3, -0.25) is 4.57 Å². The van der Waals surface area contributed by atoms with Crippen molar-refractivity contribution in [3.63, 3.8) is 0 Å². The third-order valence-corrected chi connectivity index (χ3v) is 6.32. The Morgan fingerprint density at radius 3 is 2.41 bits per heavy atom. The maximum Gasteiger partial charge on any atom is 0.247 e. The molecule has 9 heteroatoms. The summed E-state index contributed by atoms with van der Waals surface area (Å²) in [5, 5.41) is 18.2. The summed E-state index contributed by atoms with van der Waals surface area (Å²) in [7, 11) is 0. The number of anilines is 1. The lowest BCUT2D eigenvalue weighted by molar-refractivity contribution is 0.122. The molecule has 1 unspecified atom stereocenters. The predicted molar refractivity (Wildman–Crippen MR) is 123 cm³/mol. The van der Waals surface area contributed by atoms with Crippen LogP contribution in [-0.4, -0.2) is 51.3 Å². The molecule has 1 saturated heterocycles. The third kappa shape index (κ3) is 4.26. The maximum atomic E-state index is 5.96. The highest BCUT2D eigenvalue weighted by Gasteiger charge is 2.25. The van der Waals surface area contributed by atoms with Crippen molar-refractivity contribution in [2.24, 2.45) is 0 Å². The van der Waals surface area contributed by atoms with E-state index in [-0.39, 0.29) is 5.25 Å². The lowest BCUT2D eigenvalue weighted by Gasteiger charge is -2.28. The topological polar surface area (TPSA) is 82.1 Å². The minimum Gasteiger partial charge on any atom is -0.419 e. The third-order valence-electron chi connectivity index (χ3n) is 5.29. The van der Waals surface area contributed by atoms with Crippen LogP contribution in [0.5, 0.6) is 0 Å². The Morgan fingerprint density at radius 1 is 0.906 bits per heavy atom. The fourth-order valence-electron chi connectivity index (χ4n) is 3.53. The van der Waals surface area contributed by atoms with E-state index in [0.717, 1.165) is 35.4 Å². The summed E-state index contributed by atoms with van der Waals surface area (Å²) >= 11 is 1.55. The highest BCUT2D eigenvalue weighted by molar-refractivity contribution is 7.99. The van der Waals surface area contributed by atoms with Crippen molar-refractivity contribution in [1.82, 2.24) is 25.0 Å². The van der Waals surface area contributed by atoms with E-state index in [1.807, 2.05) is 37.3 Å². The predicted octanol–water partition coefficient (Wildman–Crippen LogP) is 4.32. The highest BCUT2D eigenvalue weighted by atomic mass is 32.2. The molecule has 0 N–H and O–H groups in total. The van der Waals surface area contributed by atoms with Crippen molar-refractivity contribution in [2.45, 2.75) is 24.3 Å². The van der Waals surface area contributed by atoms with Gasteiger partial charge in [-0.15, -0.1) is 20.4 Å². The number of hydrogen-bond donors (Lipinski definition) is 0. The first-order valence-corrected chi connectivity index (χ1v) is 11.5. The smallest absolute Gasteiger partial charge is 0.247 e. The number of hydrogen-bond acceptors (Lipinski definition) is 8. The Labute approximate surface area is 190 Å². The lowest BCUT2D eigenvalue weighted by Crippen LogP contribution is -2.37. The van der Waals surface area contributed by atoms with Crippen molar-refractivity contribution in [1.29, 1.82) is 0 Å². The Balaban J connectivity index is 1.45. The molecular weight excluding hydrogens is 424 g/mol. The summed E-state index contributed by atoms with van der Waals surface area (Å²) in [6, 6.07) is 18.2. The van der Waals surface area contributed by atoms with Crippen LogP contribution >= 0.6 is 11.8 Å². The zero-order valence-electron chi connectivity index (χ0n) is 18.0. The normalized spacial score (nSPS) is 15.1. The SMILES string of the molecule is Cc1ccc(-n2c(SC(C)c3nnc(-c4ccccc4)o3)nnc2N2CCOCC2)cc1. The number of rotatable bonds is 6. The summed E-state index contributed by atoms with van der Waals surface area (Å²) < 4.78 is 13.6. The maximum absolute atomic E-state index is 5.96. The molecule has 0 aliphatic carbocycles. The van der Waals surface area contributed by atoms with Crippen LogP contribution < -0.4 is 4.90 Å². The lowest BCUT2D eigenvalue weighted by atomic mass is 10.2. The number of benzene rings is 2. The zero-order valence-corrected chi connectivity index (χ0v) is 18.8. The van der Waals surface area contributed by atoms with Gasteiger partial charge in [-0.1, -0.05) is 47.7 Å². The molecule has 0 spiro atoms. The Hall–Kier alpha value is -3.17. The summed E-state index contributed by atoms with van der Waals surface area (Å²) in [5.41, 5.74) is 3.13. The van der Waals surface area contributed by atoms with Crippen LogP contribution in [0, 0.1) is 6.92 Å². The van der Waals surface area contributed by atoms with E-state index in [9.17, 15) is 0 Å². The second-order valence-corrected chi connectivity index (χ2v) is 8.93. The van der Waals surface area contributed by atoms with E-state index in [0.29, 0.717) is 25.0 Å². The Bertz CT molecular complexity index is 1170. The van der Waals surface area contributed by atoms with E-state index < -0.39 is 0 Å². The van der Waals surface area contributed by atoms with Crippen LogP contribution in [0.3, 0.4) is 0 Å². The van der Waals surface area contributed by atoms with Gasteiger partial charge >= 0.3 is 0 Å². The standard InChI is InChI=1S/C23H24N6O2S/c1-16-8-10-19(11-9-16)29-22(28-12-14-30-15-13-28)26-27-23(29)32-17(2)20-24-25-21(31-20)18-6-4-3-5-7-18/h3-11,17H,12-15H2,1-2H3. The minimum absolute atomic E-state index is 0.0918. The summed E-state index contributed by atoms with van der Waals surface area (Å²) in [6.45, 7) is 7.06. The van der Waals surface area contributed by atoms with Gasteiger partial charge in [-0.05, 0) is 38.1 Å². The van der Waals surface area contributed by atoms with Gasteiger partial charge in [0, 0.05) is 18.7 Å². The molecule has 8 nitrogen and oxygen atoms in total. The van der Waals surface area contributed by atoms with Crippen LogP contribution in [0.15, 0.2) is 64.2 Å². The molecule has 0 radical (unpaired) electrons. The molecular formula is C23H24N6O2S. The van der Waals surface area contributed by atoms with Crippen molar-refractivity contribution in [2.75, 3.05) is 31.2 Å². The fraction of sp³-hybridized carbons (Fsp3) is 0.304. The fourth-order valence-corrected chi connectivity index (χ4v) is 4.42. The summed E-state index contributed by atoms with van der Waals surface area (Å²) in [5.74, 6) is 1.89. The highest BCUT2D eigenvalue weighted by Crippen LogP contribution is 2.37. The molecule has 32 heavy (non-hydrogen) atoms. The average molecular weight is 449 g/mol. The molecule has 2 aromatic heterocycles. The van der Waals surface area contributed by atoms with Crippen molar-refractivity contribution in [3.05, 3.63) is 66.1 Å². The van der Waals surface area contributed by atoms with Gasteiger partial charge < -0.3 is 14.1 Å². The molecule has 1 fully saturated rings. The second-order valence-electron chi connectivity index (χ2n) is 7.62. The number of thioether (sulfide) groups is 1. The molecule has 0 amide bonds. The van der Waals surface area contributed by atoms with E-state index >= 15 is 0 Å². The monoisotopic (exact) mass is 448 g/mol. The van der Waals surface area contributed by atoms with E-state index in [2.05, 4.69) is 61.1 Å². The second kappa shape index (κ2) is 9.13. The van der Waals surface area contributed by atoms with E-state index in [1.54, 1.807) is 11.8 Å². The molecule has 5 rings (SSSR count). The quantitative estimate of drug-likeness (QED) is 0.404. The molecule has 1 atom stereocenters. The first kappa shape index (κ1) is 20.7. The zero-order chi connectivity index (χ0) is 21.9. The summed E-state index contributed by atoms with van der Waals surface area (Å²) in [6.07, 6.45) is 0. The molecule has 1 aliphatic rings. The number of aryl methyl sites for hydroxylation is 1. The van der Waals surface area contributed by atoms with Gasteiger partial charge in [0.25, 0.3) is 0 Å². The number of nitrogens with zero attached hydrogens (tertiary/aromatic N) is 6. The Kier molecular flexibility index (Phi) is 5.91. The van der Waals surface area contributed by atoms with Crippen LogP contribution in [0.25, 0.3) is 17.1 Å². The van der Waals surface area contributed by atoms with E-state index in [4.69, 9.17) is 9.15 Å². The number of aromatic nitrogens is 5. The first-order valence-electron chi connectivity index (χ1n) is 10.6. The van der Waals surface area contributed by atoms with Gasteiger partial charge in [-0.25, -0.2) is 0 Å². The molecule has 0 saturated carbocycles. The minimum atomic E-state index is -0.0918. The number of ether oxygens (including phenoxy) is 1. The Morgan fingerprint density at radius 2 is 1.66 bits per heavy atom. The van der Waals surface area contributed by atoms with Crippen LogP contribution in [0.1, 0.15) is 23.6 Å². The summed E-state index contributed by atoms with van der Waals surface area (Å²) in [4.78, 5) is 2.21. The number of morpholine rings is 1. The van der Waals surface area contributed by atoms with Crippen LogP contribution in [-0.2, 0) is 4.74 Å². The van der Waals surface area contributed by atoms with Gasteiger partial charge in [0.2, 0.25) is 17.7 Å². The van der Waals surface area contributed by atoms with Crippen molar-refractivity contribution in [3.8, 4) is 17.1 Å². The molecule has 164 valence electrons. The average Bonchev–Trinajstić information content (AvgIpc) is 3.49. The molecule has 4 aromatic rings. The molecule has 3 heterocycles. The van der Waals surface area contributed by atoms with Crippen molar-refractivity contribution < 1.29 is 9.15 Å². The van der Waals surface area contributed by atoms with Gasteiger partial charge in [0.1, 0.15) is 0 Å².